The quantitative estimate of drug-likeness (QED) is 0.568. The van der Waals surface area contributed by atoms with Gasteiger partial charge in [-0.1, -0.05) is 29.8 Å². The van der Waals surface area contributed by atoms with E-state index < -0.39 is 37.1 Å². The molecule has 0 spiro atoms. The molecule has 2 aliphatic rings. The Balaban J connectivity index is 1.80. The lowest BCUT2D eigenvalue weighted by atomic mass is 9.86. The van der Waals surface area contributed by atoms with Gasteiger partial charge in [0.15, 0.2) is 11.5 Å². The zero-order valence-corrected chi connectivity index (χ0v) is 17.8. The van der Waals surface area contributed by atoms with Crippen LogP contribution in [-0.4, -0.2) is 65.2 Å². The minimum Gasteiger partial charge on any atom is -0.492 e. The predicted octanol–water partition coefficient (Wildman–Crippen LogP) is 1.43. The Morgan fingerprint density at radius 3 is 2.48 bits per heavy atom. The van der Waals surface area contributed by atoms with Gasteiger partial charge in [0.05, 0.1) is 20.3 Å². The van der Waals surface area contributed by atoms with E-state index in [1.165, 1.54) is 12.7 Å². The summed E-state index contributed by atoms with van der Waals surface area (Å²) in [5, 5.41) is 40.7. The lowest BCUT2D eigenvalue weighted by Gasteiger charge is -2.41. The third-order valence-electron chi connectivity index (χ3n) is 6.20. The first-order valence-electron chi connectivity index (χ1n) is 10.7. The highest BCUT2D eigenvalue weighted by Gasteiger charge is 2.45. The average Bonchev–Trinajstić information content (AvgIpc) is 2.79. The maximum absolute atomic E-state index is 10.7. The predicted molar refractivity (Wildman–Crippen MR) is 114 cm³/mol. The molecule has 4 N–H and O–H groups in total. The fourth-order valence-corrected chi connectivity index (χ4v) is 4.47. The van der Waals surface area contributed by atoms with Gasteiger partial charge in [-0.15, -0.1) is 0 Å². The van der Waals surface area contributed by atoms with Crippen LogP contribution in [0.2, 0.25) is 0 Å². The molecule has 1 saturated heterocycles. The Bertz CT molecular complexity index is 909. The second-order valence-corrected chi connectivity index (χ2v) is 8.33. The minimum atomic E-state index is -1.46. The van der Waals surface area contributed by atoms with E-state index in [0.29, 0.717) is 30.1 Å². The first-order valence-corrected chi connectivity index (χ1v) is 10.7. The zero-order valence-electron chi connectivity index (χ0n) is 17.8. The molecule has 7 nitrogen and oxygen atoms in total. The van der Waals surface area contributed by atoms with E-state index in [-0.39, 0.29) is 0 Å². The van der Waals surface area contributed by atoms with Crippen molar-refractivity contribution in [2.75, 3.05) is 20.3 Å². The number of rotatable bonds is 5. The maximum atomic E-state index is 10.7. The molecule has 168 valence electrons. The van der Waals surface area contributed by atoms with Gasteiger partial charge in [-0.25, -0.2) is 0 Å². The topological polar surface area (TPSA) is 109 Å². The molecular formula is C24H30O7. The second kappa shape index (κ2) is 9.14. The summed E-state index contributed by atoms with van der Waals surface area (Å²) >= 11 is 0. The van der Waals surface area contributed by atoms with Crippen LogP contribution < -0.4 is 9.47 Å². The van der Waals surface area contributed by atoms with Crippen molar-refractivity contribution >= 4 is 0 Å². The summed E-state index contributed by atoms with van der Waals surface area (Å²) in [6, 6.07) is 10.2. The molecule has 2 aliphatic heterocycles. The van der Waals surface area contributed by atoms with E-state index in [1.54, 1.807) is 0 Å². The zero-order chi connectivity index (χ0) is 22.1. The minimum absolute atomic E-state index is 0.451. The van der Waals surface area contributed by atoms with Crippen molar-refractivity contribution in [1.29, 1.82) is 0 Å². The summed E-state index contributed by atoms with van der Waals surface area (Å²) in [6.07, 6.45) is -3.83. The summed E-state index contributed by atoms with van der Waals surface area (Å²) in [5.41, 5.74) is 4.96. The van der Waals surface area contributed by atoms with Crippen LogP contribution in [0.3, 0.4) is 0 Å². The fraction of sp³-hybridized carbons (Fsp3) is 0.500. The molecular weight excluding hydrogens is 400 g/mol. The summed E-state index contributed by atoms with van der Waals surface area (Å²) in [6.45, 7) is 2.12. The summed E-state index contributed by atoms with van der Waals surface area (Å²) in [5.74, 6) is 1.08. The lowest BCUT2D eigenvalue weighted by molar-refractivity contribution is -0.232. The van der Waals surface area contributed by atoms with Crippen LogP contribution in [-0.2, 0) is 17.6 Å². The van der Waals surface area contributed by atoms with Crippen molar-refractivity contribution in [3.63, 3.8) is 0 Å². The van der Waals surface area contributed by atoms with E-state index in [9.17, 15) is 20.4 Å². The van der Waals surface area contributed by atoms with Gasteiger partial charge >= 0.3 is 0 Å². The van der Waals surface area contributed by atoms with Crippen LogP contribution in [0.5, 0.6) is 11.5 Å². The Morgan fingerprint density at radius 1 is 1.06 bits per heavy atom. The highest BCUT2D eigenvalue weighted by Crippen LogP contribution is 2.46. The van der Waals surface area contributed by atoms with Crippen LogP contribution in [0.1, 0.15) is 40.3 Å². The van der Waals surface area contributed by atoms with Crippen LogP contribution in [0, 0.1) is 6.92 Å². The number of aliphatic hydroxyl groups excluding tert-OH is 4. The molecule has 0 unspecified atom stereocenters. The van der Waals surface area contributed by atoms with E-state index in [1.807, 2.05) is 13.0 Å². The number of hydrogen-bond acceptors (Lipinski definition) is 7. The number of hydrogen-bond donors (Lipinski definition) is 4. The molecule has 0 aliphatic carbocycles. The van der Waals surface area contributed by atoms with Crippen LogP contribution in [0.15, 0.2) is 30.3 Å². The normalized spacial score (nSPS) is 28.0. The van der Waals surface area contributed by atoms with Crippen molar-refractivity contribution in [3.8, 4) is 11.5 Å². The Hall–Kier alpha value is -2.16. The van der Waals surface area contributed by atoms with Crippen molar-refractivity contribution in [1.82, 2.24) is 0 Å². The second-order valence-electron chi connectivity index (χ2n) is 8.33. The highest BCUT2D eigenvalue weighted by molar-refractivity contribution is 5.58. The number of ether oxygens (including phenoxy) is 3. The largest absolute Gasteiger partial charge is 0.492 e. The summed E-state index contributed by atoms with van der Waals surface area (Å²) < 4.78 is 17.5. The molecule has 2 aromatic rings. The van der Waals surface area contributed by atoms with Crippen LogP contribution in [0.25, 0.3) is 0 Å². The van der Waals surface area contributed by atoms with Gasteiger partial charge in [-0.3, -0.25) is 0 Å². The molecule has 0 amide bonds. The van der Waals surface area contributed by atoms with Crippen molar-refractivity contribution in [2.45, 2.75) is 56.7 Å². The third kappa shape index (κ3) is 4.16. The summed E-state index contributed by atoms with van der Waals surface area (Å²) in [4.78, 5) is 0. The molecule has 0 radical (unpaired) electrons. The molecule has 4 rings (SSSR count). The van der Waals surface area contributed by atoms with Gasteiger partial charge < -0.3 is 34.6 Å². The SMILES string of the molecule is COc1c([C@@H]2O[C@H](CO)[C@H](O)[C@H](O)[C@@H]2O)cc(Cc2ccc(C)cc2)c2c1OCCC2. The number of methoxy groups -OCH3 is 1. The maximum Gasteiger partial charge on any atom is 0.166 e. The molecule has 0 saturated carbocycles. The molecule has 0 bridgehead atoms. The Kier molecular flexibility index (Phi) is 6.50. The number of aryl methyl sites for hydroxylation is 1. The first kappa shape index (κ1) is 22.0. The molecule has 0 aromatic heterocycles. The molecule has 7 heteroatoms. The number of aliphatic hydroxyl groups is 4. The molecule has 1 fully saturated rings. The van der Waals surface area contributed by atoms with Crippen molar-refractivity contribution in [2.24, 2.45) is 0 Å². The van der Waals surface area contributed by atoms with Gasteiger partial charge in [0.25, 0.3) is 0 Å². The molecule has 2 heterocycles. The molecule has 31 heavy (non-hydrogen) atoms. The first-order chi connectivity index (χ1) is 14.9. The van der Waals surface area contributed by atoms with Crippen LogP contribution >= 0.6 is 0 Å². The van der Waals surface area contributed by atoms with E-state index in [0.717, 1.165) is 29.5 Å². The van der Waals surface area contributed by atoms with Crippen molar-refractivity contribution < 1.29 is 34.6 Å². The lowest BCUT2D eigenvalue weighted by Crippen LogP contribution is -2.55. The van der Waals surface area contributed by atoms with Gasteiger partial charge in [-0.2, -0.15) is 0 Å². The van der Waals surface area contributed by atoms with E-state index in [2.05, 4.69) is 24.3 Å². The van der Waals surface area contributed by atoms with Crippen molar-refractivity contribution in [3.05, 3.63) is 58.1 Å². The average molecular weight is 430 g/mol. The van der Waals surface area contributed by atoms with Gasteiger partial charge in [-0.05, 0) is 43.4 Å². The van der Waals surface area contributed by atoms with Crippen LogP contribution in [0.4, 0.5) is 0 Å². The fourth-order valence-electron chi connectivity index (χ4n) is 4.47. The van der Waals surface area contributed by atoms with E-state index >= 15 is 0 Å². The third-order valence-corrected chi connectivity index (χ3v) is 6.20. The van der Waals surface area contributed by atoms with Gasteiger partial charge in [0.1, 0.15) is 30.5 Å². The van der Waals surface area contributed by atoms with E-state index in [4.69, 9.17) is 14.2 Å². The molecule has 5 atom stereocenters. The smallest absolute Gasteiger partial charge is 0.166 e. The standard InChI is InChI=1S/C24H30O7/c1-13-5-7-14(8-6-13)10-15-11-17(23(29-2)24-16(15)4-3-9-30-24)22-21(28)20(27)19(26)18(12-25)31-22/h5-8,11,18-22,25-28H,3-4,9-10,12H2,1-2H3/t18-,19+,20+,21+,22+/m1/s1. The Labute approximate surface area is 181 Å². The summed E-state index contributed by atoms with van der Waals surface area (Å²) in [7, 11) is 1.53. The van der Waals surface area contributed by atoms with Gasteiger partial charge in [0, 0.05) is 11.1 Å². The molecule has 2 aromatic carbocycles. The Morgan fingerprint density at radius 2 is 1.81 bits per heavy atom. The monoisotopic (exact) mass is 430 g/mol. The highest BCUT2D eigenvalue weighted by atomic mass is 16.5. The number of fused-ring (bicyclic) bond motifs is 1. The number of benzene rings is 2. The van der Waals surface area contributed by atoms with Gasteiger partial charge in [0.2, 0.25) is 0 Å².